The Morgan fingerprint density at radius 2 is 2.17 bits per heavy atom. The van der Waals surface area contributed by atoms with Gasteiger partial charge in [0.15, 0.2) is 5.58 Å². The highest BCUT2D eigenvalue weighted by Gasteiger charge is 2.33. The maximum absolute atomic E-state index is 13.0. The van der Waals surface area contributed by atoms with E-state index in [1.54, 1.807) is 17.5 Å². The van der Waals surface area contributed by atoms with Gasteiger partial charge in [-0.05, 0) is 48.1 Å². The molecule has 3 aromatic heterocycles. The lowest BCUT2D eigenvalue weighted by Gasteiger charge is -2.22. The molecule has 1 saturated heterocycles. The van der Waals surface area contributed by atoms with Crippen LogP contribution in [0.2, 0.25) is 0 Å². The number of rotatable bonds is 5. The summed E-state index contributed by atoms with van der Waals surface area (Å²) in [5.74, 6) is -0.00937. The van der Waals surface area contributed by atoms with Crippen LogP contribution in [0, 0.1) is 0 Å². The first-order chi connectivity index (χ1) is 14.3. The van der Waals surface area contributed by atoms with Gasteiger partial charge in [0.25, 0.3) is 6.01 Å². The van der Waals surface area contributed by atoms with Crippen molar-refractivity contribution in [1.82, 2.24) is 15.3 Å². The lowest BCUT2D eigenvalue weighted by Crippen LogP contribution is -2.43. The Hall–Kier alpha value is -3.19. The van der Waals surface area contributed by atoms with Gasteiger partial charge in [0.1, 0.15) is 11.6 Å². The number of anilines is 1. The summed E-state index contributed by atoms with van der Waals surface area (Å²) >= 11 is 1.64. The molecule has 4 aromatic rings. The van der Waals surface area contributed by atoms with Crippen LogP contribution >= 0.6 is 11.3 Å². The first-order valence-corrected chi connectivity index (χ1v) is 10.6. The van der Waals surface area contributed by atoms with E-state index in [1.165, 1.54) is 0 Å². The minimum atomic E-state index is -0.274. The number of oxazole rings is 1. The van der Waals surface area contributed by atoms with Crippen LogP contribution in [-0.4, -0.2) is 28.5 Å². The Kier molecular flexibility index (Phi) is 4.73. The van der Waals surface area contributed by atoms with Crippen molar-refractivity contribution in [2.75, 3.05) is 11.4 Å². The minimum absolute atomic E-state index is 0.00937. The summed E-state index contributed by atoms with van der Waals surface area (Å²) in [5.41, 5.74) is 4.55. The van der Waals surface area contributed by atoms with Crippen LogP contribution in [0.4, 0.5) is 6.01 Å². The van der Waals surface area contributed by atoms with Crippen molar-refractivity contribution in [3.63, 3.8) is 0 Å². The zero-order chi connectivity index (χ0) is 19.6. The molecule has 1 aliphatic heterocycles. The molecular formula is C22H20N4O2S. The van der Waals surface area contributed by atoms with Gasteiger partial charge in [-0.1, -0.05) is 18.2 Å². The number of pyridine rings is 1. The summed E-state index contributed by atoms with van der Waals surface area (Å²) in [6, 6.07) is 13.9. The number of hydrogen-bond donors (Lipinski definition) is 1. The lowest BCUT2D eigenvalue weighted by molar-refractivity contribution is -0.122. The summed E-state index contributed by atoms with van der Waals surface area (Å²) in [6.45, 7) is 1.20. The van der Waals surface area contributed by atoms with Crippen LogP contribution in [0.15, 0.2) is 63.8 Å². The minimum Gasteiger partial charge on any atom is -0.423 e. The number of amides is 1. The zero-order valence-electron chi connectivity index (χ0n) is 15.7. The Balaban J connectivity index is 1.32. The Morgan fingerprint density at radius 3 is 3.03 bits per heavy atom. The fourth-order valence-electron chi connectivity index (χ4n) is 3.79. The number of hydrogen-bond acceptors (Lipinski definition) is 6. The van der Waals surface area contributed by atoms with Gasteiger partial charge < -0.3 is 14.6 Å². The van der Waals surface area contributed by atoms with Crippen LogP contribution in [-0.2, 0) is 11.3 Å². The average Bonchev–Trinajstić information content (AvgIpc) is 3.51. The van der Waals surface area contributed by atoms with E-state index in [0.717, 1.165) is 47.3 Å². The molecular weight excluding hydrogens is 384 g/mol. The molecule has 4 heterocycles. The van der Waals surface area contributed by atoms with Gasteiger partial charge in [-0.3, -0.25) is 9.78 Å². The van der Waals surface area contributed by atoms with E-state index in [-0.39, 0.29) is 11.9 Å². The summed E-state index contributed by atoms with van der Waals surface area (Å²) < 4.78 is 5.89. The molecule has 7 heteroatoms. The predicted octanol–water partition coefficient (Wildman–Crippen LogP) is 4.24. The molecule has 1 atom stereocenters. The Bertz CT molecular complexity index is 1110. The number of fused-ring (bicyclic) bond motifs is 1. The molecule has 5 rings (SSSR count). The molecule has 0 bridgehead atoms. The van der Waals surface area contributed by atoms with E-state index in [0.29, 0.717) is 12.6 Å². The van der Waals surface area contributed by atoms with Gasteiger partial charge >= 0.3 is 0 Å². The van der Waals surface area contributed by atoms with Crippen molar-refractivity contribution in [3.8, 4) is 11.3 Å². The number of aromatic nitrogens is 2. The normalized spacial score (nSPS) is 16.4. The Morgan fingerprint density at radius 1 is 1.24 bits per heavy atom. The van der Waals surface area contributed by atoms with Crippen molar-refractivity contribution >= 4 is 34.4 Å². The second-order valence-corrected chi connectivity index (χ2v) is 7.84. The van der Waals surface area contributed by atoms with E-state index in [1.807, 2.05) is 52.7 Å². The third-order valence-corrected chi connectivity index (χ3v) is 5.91. The molecule has 1 amide bonds. The first-order valence-electron chi connectivity index (χ1n) is 9.66. The molecule has 0 spiro atoms. The molecule has 6 nitrogen and oxygen atoms in total. The number of thiophene rings is 1. The SMILES string of the molecule is O=C(NCc1cccnc1-c1ccsc1)C1CCCN1c1nc2ccccc2o1. The predicted molar refractivity (Wildman–Crippen MR) is 114 cm³/mol. The molecule has 29 heavy (non-hydrogen) atoms. The largest absolute Gasteiger partial charge is 0.423 e. The van der Waals surface area contributed by atoms with Crippen molar-refractivity contribution in [2.45, 2.75) is 25.4 Å². The third-order valence-electron chi connectivity index (χ3n) is 5.22. The molecule has 1 fully saturated rings. The van der Waals surface area contributed by atoms with Crippen LogP contribution < -0.4 is 10.2 Å². The highest BCUT2D eigenvalue weighted by atomic mass is 32.1. The zero-order valence-corrected chi connectivity index (χ0v) is 16.6. The van der Waals surface area contributed by atoms with Gasteiger partial charge in [-0.15, -0.1) is 0 Å². The smallest absolute Gasteiger partial charge is 0.299 e. The van der Waals surface area contributed by atoms with E-state index < -0.39 is 0 Å². The summed E-state index contributed by atoms with van der Waals surface area (Å²) in [4.78, 5) is 24.0. The van der Waals surface area contributed by atoms with Crippen molar-refractivity contribution < 1.29 is 9.21 Å². The number of nitrogens with zero attached hydrogens (tertiary/aromatic N) is 3. The highest BCUT2D eigenvalue weighted by molar-refractivity contribution is 7.08. The van der Waals surface area contributed by atoms with Gasteiger partial charge in [0, 0.05) is 30.2 Å². The van der Waals surface area contributed by atoms with E-state index in [9.17, 15) is 4.79 Å². The maximum Gasteiger partial charge on any atom is 0.299 e. The van der Waals surface area contributed by atoms with Crippen LogP contribution in [0.25, 0.3) is 22.4 Å². The van der Waals surface area contributed by atoms with Gasteiger partial charge in [0.2, 0.25) is 5.91 Å². The van der Waals surface area contributed by atoms with Gasteiger partial charge in [-0.25, -0.2) is 0 Å². The van der Waals surface area contributed by atoms with E-state index in [4.69, 9.17) is 4.42 Å². The van der Waals surface area contributed by atoms with Crippen LogP contribution in [0.3, 0.4) is 0 Å². The van der Waals surface area contributed by atoms with Gasteiger partial charge in [-0.2, -0.15) is 16.3 Å². The number of carbonyl (C=O) groups excluding carboxylic acids is 1. The third kappa shape index (κ3) is 3.49. The highest BCUT2D eigenvalue weighted by Crippen LogP contribution is 2.29. The Labute approximate surface area is 172 Å². The summed E-state index contributed by atoms with van der Waals surface area (Å²) in [5, 5.41) is 7.19. The lowest BCUT2D eigenvalue weighted by atomic mass is 10.1. The van der Waals surface area contributed by atoms with Gasteiger partial charge in [0.05, 0.1) is 5.69 Å². The van der Waals surface area contributed by atoms with Crippen LogP contribution in [0.1, 0.15) is 18.4 Å². The van der Waals surface area contributed by atoms with Crippen molar-refractivity contribution in [3.05, 3.63) is 65.0 Å². The second kappa shape index (κ2) is 7.67. The van der Waals surface area contributed by atoms with Crippen LogP contribution in [0.5, 0.6) is 0 Å². The number of benzene rings is 1. The number of carbonyl (C=O) groups is 1. The average molecular weight is 404 g/mol. The number of nitrogens with one attached hydrogen (secondary N) is 1. The topological polar surface area (TPSA) is 71.3 Å². The van der Waals surface area contributed by atoms with E-state index in [2.05, 4.69) is 20.7 Å². The molecule has 146 valence electrons. The number of para-hydroxylation sites is 2. The summed E-state index contributed by atoms with van der Waals surface area (Å²) in [7, 11) is 0. The molecule has 0 aliphatic carbocycles. The summed E-state index contributed by atoms with van der Waals surface area (Å²) in [6.07, 6.45) is 3.50. The standard InChI is InChI=1S/C22H20N4O2S/c27-21(24-13-15-5-3-10-23-20(15)16-9-12-29-14-16)18-7-4-11-26(18)22-25-17-6-1-2-8-19(17)28-22/h1-3,5-6,8-10,12,14,18H,4,7,11,13H2,(H,24,27). The van der Waals surface area contributed by atoms with Crippen molar-refractivity contribution in [1.29, 1.82) is 0 Å². The fraction of sp³-hybridized carbons (Fsp3) is 0.227. The molecule has 1 aliphatic rings. The maximum atomic E-state index is 13.0. The van der Waals surface area contributed by atoms with E-state index >= 15 is 0 Å². The molecule has 1 unspecified atom stereocenters. The molecule has 1 N–H and O–H groups in total. The molecule has 0 radical (unpaired) electrons. The monoisotopic (exact) mass is 404 g/mol. The van der Waals surface area contributed by atoms with Crippen molar-refractivity contribution in [2.24, 2.45) is 0 Å². The molecule has 1 aromatic carbocycles. The second-order valence-electron chi connectivity index (χ2n) is 7.06. The first kappa shape index (κ1) is 17.9. The quantitative estimate of drug-likeness (QED) is 0.539. The molecule has 0 saturated carbocycles. The fourth-order valence-corrected chi connectivity index (χ4v) is 4.43.